The van der Waals surface area contributed by atoms with E-state index in [1.54, 1.807) is 34.5 Å². The lowest BCUT2D eigenvalue weighted by molar-refractivity contribution is 0.102. The Kier molecular flexibility index (Phi) is 5.16. The Balaban J connectivity index is 2.02. The van der Waals surface area contributed by atoms with Crippen LogP contribution in [-0.2, 0) is 6.42 Å². The molecular weight excluding hydrogens is 332 g/mol. The number of ketones is 1. The molecule has 1 aliphatic rings. The van der Waals surface area contributed by atoms with Gasteiger partial charge in [-0.05, 0) is 54.8 Å². The molecule has 5 heteroatoms. The third-order valence-corrected chi connectivity index (χ3v) is 4.58. The van der Waals surface area contributed by atoms with Crippen LogP contribution in [0.4, 0.5) is 0 Å². The molecule has 0 N–H and O–H groups in total. The van der Waals surface area contributed by atoms with Gasteiger partial charge in [0.05, 0.1) is 28.4 Å². The second-order valence-electron chi connectivity index (χ2n) is 5.95. The van der Waals surface area contributed by atoms with Crippen molar-refractivity contribution in [2.75, 3.05) is 28.4 Å². The maximum atomic E-state index is 12.9. The largest absolute Gasteiger partial charge is 0.497 e. The molecule has 5 nitrogen and oxygen atoms in total. The first-order valence-electron chi connectivity index (χ1n) is 8.34. The molecule has 0 spiro atoms. The average molecular weight is 354 g/mol. The third kappa shape index (κ3) is 3.12. The quantitative estimate of drug-likeness (QED) is 0.762. The highest BCUT2D eigenvalue weighted by Crippen LogP contribution is 2.41. The Hall–Kier alpha value is -2.95. The SMILES string of the molecule is COc1ccc2c(c1)CC/C(=C/c1ccc(OC)c(OC)c1OC)C2=O. The number of hydrogen-bond acceptors (Lipinski definition) is 5. The zero-order valence-corrected chi connectivity index (χ0v) is 15.4. The lowest BCUT2D eigenvalue weighted by atomic mass is 9.86. The Morgan fingerprint density at radius 1 is 0.846 bits per heavy atom. The fourth-order valence-corrected chi connectivity index (χ4v) is 3.24. The number of rotatable bonds is 5. The third-order valence-electron chi connectivity index (χ3n) is 4.58. The first-order chi connectivity index (χ1) is 12.6. The normalized spacial score (nSPS) is 14.8. The van der Waals surface area contributed by atoms with Gasteiger partial charge < -0.3 is 18.9 Å². The van der Waals surface area contributed by atoms with E-state index < -0.39 is 0 Å². The topological polar surface area (TPSA) is 54.0 Å². The molecule has 0 aromatic heterocycles. The number of carbonyl (C=O) groups is 1. The van der Waals surface area contributed by atoms with E-state index in [9.17, 15) is 4.79 Å². The number of hydrogen-bond donors (Lipinski definition) is 0. The Morgan fingerprint density at radius 2 is 1.62 bits per heavy atom. The van der Waals surface area contributed by atoms with Gasteiger partial charge in [-0.2, -0.15) is 0 Å². The molecule has 0 amide bonds. The van der Waals surface area contributed by atoms with Crippen LogP contribution in [0.3, 0.4) is 0 Å². The first-order valence-corrected chi connectivity index (χ1v) is 8.34. The van der Waals surface area contributed by atoms with Gasteiger partial charge in [0, 0.05) is 16.7 Å². The van der Waals surface area contributed by atoms with Crippen LogP contribution >= 0.6 is 0 Å². The van der Waals surface area contributed by atoms with Gasteiger partial charge in [0.1, 0.15) is 5.75 Å². The summed E-state index contributed by atoms with van der Waals surface area (Å²) < 4.78 is 21.5. The molecule has 0 aliphatic heterocycles. The Morgan fingerprint density at radius 3 is 2.27 bits per heavy atom. The number of fused-ring (bicyclic) bond motifs is 1. The number of allylic oxidation sites excluding steroid dienone is 1. The van der Waals surface area contributed by atoms with Crippen molar-refractivity contribution in [2.45, 2.75) is 12.8 Å². The lowest BCUT2D eigenvalue weighted by Gasteiger charge is -2.19. The number of ether oxygens (including phenoxy) is 4. The lowest BCUT2D eigenvalue weighted by Crippen LogP contribution is -2.14. The minimum Gasteiger partial charge on any atom is -0.497 e. The van der Waals surface area contributed by atoms with Crippen LogP contribution in [0.2, 0.25) is 0 Å². The van der Waals surface area contributed by atoms with Crippen molar-refractivity contribution in [3.05, 3.63) is 52.6 Å². The molecule has 136 valence electrons. The molecule has 0 fully saturated rings. The van der Waals surface area contributed by atoms with Gasteiger partial charge in [0.15, 0.2) is 17.3 Å². The summed E-state index contributed by atoms with van der Waals surface area (Å²) >= 11 is 0. The number of carbonyl (C=O) groups excluding carboxylic acids is 1. The van der Waals surface area contributed by atoms with Crippen LogP contribution in [0, 0.1) is 0 Å². The zero-order valence-electron chi connectivity index (χ0n) is 15.4. The summed E-state index contributed by atoms with van der Waals surface area (Å²) in [5.41, 5.74) is 3.27. The van der Waals surface area contributed by atoms with Crippen LogP contribution in [0.1, 0.15) is 27.9 Å². The zero-order chi connectivity index (χ0) is 18.7. The van der Waals surface area contributed by atoms with Gasteiger partial charge in [-0.25, -0.2) is 0 Å². The van der Waals surface area contributed by atoms with E-state index in [2.05, 4.69) is 0 Å². The fourth-order valence-electron chi connectivity index (χ4n) is 3.24. The summed E-state index contributed by atoms with van der Waals surface area (Å²) in [6.45, 7) is 0. The molecule has 0 atom stereocenters. The van der Waals surface area contributed by atoms with Crippen molar-refractivity contribution < 1.29 is 23.7 Å². The molecule has 26 heavy (non-hydrogen) atoms. The summed E-state index contributed by atoms with van der Waals surface area (Å²) in [6.07, 6.45) is 3.33. The molecule has 2 aromatic carbocycles. The number of aryl methyl sites for hydroxylation is 1. The predicted molar refractivity (Wildman–Crippen MR) is 99.7 cm³/mol. The van der Waals surface area contributed by atoms with Crippen molar-refractivity contribution in [1.29, 1.82) is 0 Å². The first kappa shape index (κ1) is 17.9. The van der Waals surface area contributed by atoms with Crippen molar-refractivity contribution in [2.24, 2.45) is 0 Å². The van der Waals surface area contributed by atoms with Crippen molar-refractivity contribution in [3.8, 4) is 23.0 Å². The van der Waals surface area contributed by atoms with Gasteiger partial charge in [-0.3, -0.25) is 4.79 Å². The summed E-state index contributed by atoms with van der Waals surface area (Å²) in [5.74, 6) is 2.45. The van der Waals surface area contributed by atoms with Crippen LogP contribution in [0.25, 0.3) is 6.08 Å². The molecule has 3 rings (SSSR count). The summed E-state index contributed by atoms with van der Waals surface area (Å²) in [5, 5.41) is 0. The van der Waals surface area contributed by atoms with Gasteiger partial charge in [0.2, 0.25) is 5.75 Å². The number of methoxy groups -OCH3 is 4. The molecular formula is C21H22O5. The average Bonchev–Trinajstić information content (AvgIpc) is 2.69. The molecule has 0 unspecified atom stereocenters. The van der Waals surface area contributed by atoms with Crippen LogP contribution in [0.5, 0.6) is 23.0 Å². The van der Waals surface area contributed by atoms with Crippen LogP contribution in [0.15, 0.2) is 35.9 Å². The second kappa shape index (κ2) is 7.52. The van der Waals surface area contributed by atoms with Crippen LogP contribution in [-0.4, -0.2) is 34.2 Å². The van der Waals surface area contributed by atoms with Crippen molar-refractivity contribution in [3.63, 3.8) is 0 Å². The number of benzene rings is 2. The molecule has 2 aromatic rings. The van der Waals surface area contributed by atoms with E-state index in [4.69, 9.17) is 18.9 Å². The highest BCUT2D eigenvalue weighted by Gasteiger charge is 2.23. The fraction of sp³-hybridized carbons (Fsp3) is 0.286. The van der Waals surface area contributed by atoms with E-state index in [1.165, 1.54) is 0 Å². The highest BCUT2D eigenvalue weighted by atomic mass is 16.5. The monoisotopic (exact) mass is 354 g/mol. The number of Topliss-reactive ketones (excluding diaryl/α,β-unsaturated/α-hetero) is 1. The van der Waals surface area contributed by atoms with E-state index in [0.29, 0.717) is 23.7 Å². The summed E-state index contributed by atoms with van der Waals surface area (Å²) in [6, 6.07) is 9.25. The van der Waals surface area contributed by atoms with E-state index >= 15 is 0 Å². The Labute approximate surface area is 153 Å². The van der Waals surface area contributed by atoms with Gasteiger partial charge in [0.25, 0.3) is 0 Å². The molecule has 1 aliphatic carbocycles. The van der Waals surface area contributed by atoms with E-state index in [0.717, 1.165) is 34.4 Å². The maximum Gasteiger partial charge on any atom is 0.203 e. The predicted octanol–water partition coefficient (Wildman–Crippen LogP) is 3.93. The van der Waals surface area contributed by atoms with E-state index in [-0.39, 0.29) is 5.78 Å². The minimum absolute atomic E-state index is 0.0331. The van der Waals surface area contributed by atoms with Crippen molar-refractivity contribution >= 4 is 11.9 Å². The van der Waals surface area contributed by atoms with Gasteiger partial charge in [-0.15, -0.1) is 0 Å². The molecule has 0 saturated heterocycles. The van der Waals surface area contributed by atoms with Gasteiger partial charge in [-0.1, -0.05) is 0 Å². The maximum absolute atomic E-state index is 12.9. The smallest absolute Gasteiger partial charge is 0.203 e. The second-order valence-corrected chi connectivity index (χ2v) is 5.95. The molecule has 0 radical (unpaired) electrons. The Bertz CT molecular complexity index is 867. The molecule has 0 heterocycles. The summed E-state index contributed by atoms with van der Waals surface area (Å²) in [4.78, 5) is 12.9. The van der Waals surface area contributed by atoms with Gasteiger partial charge >= 0.3 is 0 Å². The molecule has 0 saturated carbocycles. The van der Waals surface area contributed by atoms with E-state index in [1.807, 2.05) is 30.3 Å². The van der Waals surface area contributed by atoms with Crippen molar-refractivity contribution in [1.82, 2.24) is 0 Å². The van der Waals surface area contributed by atoms with Crippen LogP contribution < -0.4 is 18.9 Å². The highest BCUT2D eigenvalue weighted by molar-refractivity contribution is 6.13. The molecule has 0 bridgehead atoms. The standard InChI is InChI=1S/C21H22O5/c1-23-16-8-9-17-13(12-16)5-6-14(19(17)22)11-15-7-10-18(24-2)21(26-4)20(15)25-3/h7-12H,5-6H2,1-4H3/b14-11-. The minimum atomic E-state index is 0.0331. The summed E-state index contributed by atoms with van der Waals surface area (Å²) in [7, 11) is 6.34.